The third-order valence-electron chi connectivity index (χ3n) is 4.62. The average Bonchev–Trinajstić information content (AvgIpc) is 3.07. The van der Waals surface area contributed by atoms with E-state index in [-0.39, 0.29) is 11.5 Å². The number of carbonyl (C=O) groups excluding carboxylic acids is 1. The molecule has 1 N–H and O–H groups in total. The van der Waals surface area contributed by atoms with Crippen LogP contribution >= 0.6 is 0 Å². The van der Waals surface area contributed by atoms with Gasteiger partial charge in [-0.25, -0.2) is 9.79 Å². The van der Waals surface area contributed by atoms with Gasteiger partial charge in [0.05, 0.1) is 0 Å². The van der Waals surface area contributed by atoms with Gasteiger partial charge in [0.15, 0.2) is 0 Å². The normalized spacial score (nSPS) is 15.3. The minimum absolute atomic E-state index is 0.135. The topological polar surface area (TPSA) is 93.8 Å². The molecule has 30 heavy (non-hydrogen) atoms. The average molecular weight is 399 g/mol. The highest BCUT2D eigenvalue weighted by Crippen LogP contribution is 2.23. The predicted octanol–water partition coefficient (Wildman–Crippen LogP) is 4.11. The first kappa shape index (κ1) is 20.7. The first-order chi connectivity index (χ1) is 14.5. The number of aliphatic imine (C=N–C) groups is 1. The van der Waals surface area contributed by atoms with Crippen LogP contribution < -0.4 is 0 Å². The molecule has 1 heterocycles. The van der Waals surface area contributed by atoms with E-state index in [1.807, 2.05) is 30.3 Å². The summed E-state index contributed by atoms with van der Waals surface area (Å²) < 4.78 is 0. The maximum atomic E-state index is 13.0. The molecule has 0 unspecified atom stereocenters. The Morgan fingerprint density at radius 3 is 2.40 bits per heavy atom. The monoisotopic (exact) mass is 399 g/mol. The van der Waals surface area contributed by atoms with Gasteiger partial charge in [-0.05, 0) is 29.7 Å². The number of aliphatic carboxylic acids is 1. The van der Waals surface area contributed by atoms with Crippen LogP contribution in [0, 0.1) is 11.3 Å². The first-order valence-corrected chi connectivity index (χ1v) is 9.66. The molecular weight excluding hydrogens is 378 g/mol. The van der Waals surface area contributed by atoms with Crippen LogP contribution in [0.1, 0.15) is 36.5 Å². The number of carboxylic acids is 1. The molecule has 0 spiro atoms. The minimum atomic E-state index is -1.27. The Balaban J connectivity index is 1.90. The summed E-state index contributed by atoms with van der Waals surface area (Å²) in [7, 11) is 0. The molecule has 6 heteroatoms. The minimum Gasteiger partial charge on any atom is -0.477 e. The summed E-state index contributed by atoms with van der Waals surface area (Å²) in [5, 5.41) is 17.8. The highest BCUT2D eigenvalue weighted by molar-refractivity contribution is 6.19. The van der Waals surface area contributed by atoms with Crippen LogP contribution in [-0.4, -0.2) is 34.3 Å². The number of hydrogen-bond acceptors (Lipinski definition) is 4. The van der Waals surface area contributed by atoms with Crippen molar-refractivity contribution in [3.63, 3.8) is 0 Å². The van der Waals surface area contributed by atoms with Gasteiger partial charge in [-0.1, -0.05) is 67.9 Å². The van der Waals surface area contributed by atoms with Crippen LogP contribution in [0.3, 0.4) is 0 Å². The Hall–Kier alpha value is -3.98. The number of carbonyl (C=O) groups is 2. The van der Waals surface area contributed by atoms with Crippen LogP contribution in [-0.2, 0) is 9.59 Å². The van der Waals surface area contributed by atoms with Crippen molar-refractivity contribution in [2.24, 2.45) is 4.99 Å². The number of amidine groups is 1. The molecule has 0 bridgehead atoms. The Morgan fingerprint density at radius 2 is 1.80 bits per heavy atom. The van der Waals surface area contributed by atoms with Gasteiger partial charge in [0.1, 0.15) is 23.2 Å². The summed E-state index contributed by atoms with van der Waals surface area (Å²) >= 11 is 0. The molecule has 2 aromatic carbocycles. The van der Waals surface area contributed by atoms with Gasteiger partial charge >= 0.3 is 5.97 Å². The summed E-state index contributed by atoms with van der Waals surface area (Å²) in [4.78, 5) is 30.2. The van der Waals surface area contributed by atoms with Crippen LogP contribution in [0.25, 0.3) is 12.2 Å². The number of benzene rings is 2. The third-order valence-corrected chi connectivity index (χ3v) is 4.62. The molecule has 2 aromatic rings. The highest BCUT2D eigenvalue weighted by Gasteiger charge is 2.30. The summed E-state index contributed by atoms with van der Waals surface area (Å²) in [5.41, 5.74) is 2.26. The van der Waals surface area contributed by atoms with Gasteiger partial charge in [-0.3, -0.25) is 9.69 Å². The van der Waals surface area contributed by atoms with Gasteiger partial charge < -0.3 is 5.11 Å². The zero-order chi connectivity index (χ0) is 21.5. The number of nitrogens with zero attached hydrogens (tertiary/aromatic N) is 3. The number of rotatable bonds is 7. The molecule has 150 valence electrons. The van der Waals surface area contributed by atoms with Crippen LogP contribution in [0.2, 0.25) is 0 Å². The van der Waals surface area contributed by atoms with Gasteiger partial charge in [-0.2, -0.15) is 5.26 Å². The Bertz CT molecular complexity index is 1070. The van der Waals surface area contributed by atoms with Crippen molar-refractivity contribution in [2.75, 3.05) is 6.54 Å². The lowest BCUT2D eigenvalue weighted by Gasteiger charge is -2.17. The molecule has 0 radical (unpaired) electrons. The Labute approximate surface area is 175 Å². The number of hydrogen-bond donors (Lipinski definition) is 1. The maximum Gasteiger partial charge on any atom is 0.346 e. The second kappa shape index (κ2) is 9.48. The van der Waals surface area contributed by atoms with E-state index in [4.69, 9.17) is 10.4 Å². The van der Waals surface area contributed by atoms with Crippen LogP contribution in [0.15, 0.2) is 70.9 Å². The molecule has 3 rings (SSSR count). The molecule has 0 fully saturated rings. The lowest BCUT2D eigenvalue weighted by atomic mass is 10.1. The molecule has 1 aliphatic rings. The summed E-state index contributed by atoms with van der Waals surface area (Å²) in [6, 6.07) is 18.2. The van der Waals surface area contributed by atoms with Crippen molar-refractivity contribution in [3.05, 3.63) is 82.6 Å². The SMILES string of the molecule is CCCCN1C(=O)/C(=C/c2ccc(/C=C(/C#N)C(=O)O)cc2)N=C1c1ccccc1. The molecule has 1 aliphatic heterocycles. The molecular formula is C24H21N3O3. The van der Waals surface area contributed by atoms with E-state index in [2.05, 4.69) is 11.9 Å². The summed E-state index contributed by atoms with van der Waals surface area (Å²) in [6.07, 6.45) is 4.88. The number of unbranched alkanes of at least 4 members (excludes halogenated alkanes) is 1. The number of amides is 1. The molecule has 0 aromatic heterocycles. The Kier molecular flexibility index (Phi) is 6.56. The van der Waals surface area contributed by atoms with E-state index in [1.165, 1.54) is 6.08 Å². The second-order valence-corrected chi connectivity index (χ2v) is 6.78. The van der Waals surface area contributed by atoms with E-state index in [1.54, 1.807) is 41.3 Å². The predicted molar refractivity (Wildman–Crippen MR) is 115 cm³/mol. The fourth-order valence-electron chi connectivity index (χ4n) is 3.04. The van der Waals surface area contributed by atoms with Crippen molar-refractivity contribution >= 4 is 29.9 Å². The van der Waals surface area contributed by atoms with E-state index in [0.717, 1.165) is 24.0 Å². The molecule has 0 saturated heterocycles. The van der Waals surface area contributed by atoms with Crippen LogP contribution in [0.5, 0.6) is 0 Å². The van der Waals surface area contributed by atoms with Gasteiger partial charge in [0, 0.05) is 12.1 Å². The first-order valence-electron chi connectivity index (χ1n) is 9.66. The van der Waals surface area contributed by atoms with Gasteiger partial charge in [-0.15, -0.1) is 0 Å². The van der Waals surface area contributed by atoms with E-state index in [9.17, 15) is 9.59 Å². The van der Waals surface area contributed by atoms with Crippen molar-refractivity contribution in [3.8, 4) is 6.07 Å². The molecule has 1 amide bonds. The largest absolute Gasteiger partial charge is 0.477 e. The van der Waals surface area contributed by atoms with E-state index < -0.39 is 5.97 Å². The third kappa shape index (κ3) is 4.70. The molecule has 0 saturated carbocycles. The fraction of sp³-hybridized carbons (Fsp3) is 0.167. The lowest BCUT2D eigenvalue weighted by molar-refractivity contribution is -0.132. The highest BCUT2D eigenvalue weighted by atomic mass is 16.4. The summed E-state index contributed by atoms with van der Waals surface area (Å²) in [5.74, 6) is -0.751. The number of carboxylic acid groups (broad SMARTS) is 1. The number of nitriles is 1. The maximum absolute atomic E-state index is 13.0. The summed E-state index contributed by atoms with van der Waals surface area (Å²) in [6.45, 7) is 2.69. The van der Waals surface area contributed by atoms with E-state index >= 15 is 0 Å². The van der Waals surface area contributed by atoms with Crippen molar-refractivity contribution < 1.29 is 14.7 Å². The molecule has 0 atom stereocenters. The molecule has 0 aliphatic carbocycles. The standard InChI is InChI=1S/C24H21N3O3/c1-2-3-13-27-22(19-7-5-4-6-8-19)26-21(23(27)28)15-18-11-9-17(10-12-18)14-20(16-25)24(29)30/h4-12,14-15H,2-3,13H2,1H3,(H,29,30)/b20-14-,21-15-. The van der Waals surface area contributed by atoms with Gasteiger partial charge in [0.25, 0.3) is 5.91 Å². The smallest absolute Gasteiger partial charge is 0.346 e. The second-order valence-electron chi connectivity index (χ2n) is 6.78. The van der Waals surface area contributed by atoms with Crippen molar-refractivity contribution in [1.29, 1.82) is 5.26 Å². The molecule has 6 nitrogen and oxygen atoms in total. The van der Waals surface area contributed by atoms with Crippen molar-refractivity contribution in [2.45, 2.75) is 19.8 Å². The van der Waals surface area contributed by atoms with E-state index in [0.29, 0.717) is 23.6 Å². The van der Waals surface area contributed by atoms with Crippen LogP contribution in [0.4, 0.5) is 0 Å². The Morgan fingerprint density at radius 1 is 1.13 bits per heavy atom. The van der Waals surface area contributed by atoms with Crippen molar-refractivity contribution in [1.82, 2.24) is 4.90 Å². The fourth-order valence-corrected chi connectivity index (χ4v) is 3.04. The lowest BCUT2D eigenvalue weighted by Crippen LogP contribution is -2.33. The zero-order valence-electron chi connectivity index (χ0n) is 16.6. The zero-order valence-corrected chi connectivity index (χ0v) is 16.6. The quantitative estimate of drug-likeness (QED) is 0.560. The van der Waals surface area contributed by atoms with Gasteiger partial charge in [0.2, 0.25) is 0 Å².